The highest BCUT2D eigenvalue weighted by atomic mass is 16.5. The second-order valence-corrected chi connectivity index (χ2v) is 3.79. The van der Waals surface area contributed by atoms with Crippen molar-refractivity contribution < 1.29 is 9.47 Å². The Bertz CT molecular complexity index is 500. The second-order valence-electron chi connectivity index (χ2n) is 3.79. The monoisotopic (exact) mass is 244 g/mol. The molecule has 0 unspecified atom stereocenters. The van der Waals surface area contributed by atoms with E-state index in [9.17, 15) is 0 Å². The van der Waals surface area contributed by atoms with Crippen molar-refractivity contribution in [3.05, 3.63) is 48.3 Å². The number of hydrogen-bond acceptors (Lipinski definition) is 4. The first-order valence-corrected chi connectivity index (χ1v) is 5.76. The molecular weight excluding hydrogens is 228 g/mol. The van der Waals surface area contributed by atoms with Crippen molar-refractivity contribution in [2.24, 2.45) is 0 Å². The Morgan fingerprint density at radius 3 is 2.67 bits per heavy atom. The predicted molar refractivity (Wildman–Crippen MR) is 70.8 cm³/mol. The average molecular weight is 244 g/mol. The van der Waals surface area contributed by atoms with E-state index in [0.717, 1.165) is 12.1 Å². The van der Waals surface area contributed by atoms with Crippen molar-refractivity contribution in [2.75, 3.05) is 19.5 Å². The van der Waals surface area contributed by atoms with Crippen LogP contribution in [0.5, 0.6) is 11.5 Å². The van der Waals surface area contributed by atoms with Crippen molar-refractivity contribution in [1.82, 2.24) is 4.98 Å². The summed E-state index contributed by atoms with van der Waals surface area (Å²) in [4.78, 5) is 4.23. The van der Waals surface area contributed by atoms with Gasteiger partial charge in [-0.25, -0.2) is 0 Å². The quantitative estimate of drug-likeness (QED) is 0.820. The van der Waals surface area contributed by atoms with Crippen LogP contribution < -0.4 is 15.2 Å². The average Bonchev–Trinajstić information content (AvgIpc) is 2.42. The molecule has 0 fully saturated rings. The van der Waals surface area contributed by atoms with Gasteiger partial charge in [-0.3, -0.25) is 4.98 Å². The van der Waals surface area contributed by atoms with Crippen LogP contribution in [-0.2, 0) is 6.42 Å². The number of nitrogen functional groups attached to an aromatic ring is 1. The van der Waals surface area contributed by atoms with Gasteiger partial charge in [0.15, 0.2) is 0 Å². The van der Waals surface area contributed by atoms with E-state index in [1.807, 2.05) is 30.3 Å². The summed E-state index contributed by atoms with van der Waals surface area (Å²) in [7, 11) is 1.59. The lowest BCUT2D eigenvalue weighted by atomic mass is 10.2. The number of aromatic nitrogens is 1. The molecule has 2 rings (SSSR count). The van der Waals surface area contributed by atoms with Gasteiger partial charge in [0.2, 0.25) is 0 Å². The topological polar surface area (TPSA) is 57.4 Å². The summed E-state index contributed by atoms with van der Waals surface area (Å²) in [6, 6.07) is 11.3. The number of para-hydroxylation sites is 1. The number of ether oxygens (including phenoxy) is 2. The number of rotatable bonds is 5. The molecule has 4 nitrogen and oxygen atoms in total. The lowest BCUT2D eigenvalue weighted by molar-refractivity contribution is 0.320. The Labute approximate surface area is 106 Å². The number of hydrogen-bond donors (Lipinski definition) is 1. The van der Waals surface area contributed by atoms with E-state index in [2.05, 4.69) is 4.98 Å². The van der Waals surface area contributed by atoms with Gasteiger partial charge in [-0.2, -0.15) is 0 Å². The first-order valence-electron chi connectivity index (χ1n) is 5.76. The van der Waals surface area contributed by atoms with Crippen LogP contribution >= 0.6 is 0 Å². The highest BCUT2D eigenvalue weighted by Gasteiger charge is 2.05. The lowest BCUT2D eigenvalue weighted by Gasteiger charge is -2.11. The minimum Gasteiger partial charge on any atom is -0.494 e. The van der Waals surface area contributed by atoms with Crippen LogP contribution in [0.15, 0.2) is 42.6 Å². The summed E-state index contributed by atoms with van der Waals surface area (Å²) in [6.45, 7) is 0.536. The number of pyridine rings is 1. The predicted octanol–water partition coefficient (Wildman–Crippen LogP) is 2.29. The summed E-state index contributed by atoms with van der Waals surface area (Å²) < 4.78 is 10.8. The van der Waals surface area contributed by atoms with E-state index >= 15 is 0 Å². The molecule has 1 aromatic heterocycles. The first-order chi connectivity index (χ1) is 8.81. The number of methoxy groups -OCH3 is 1. The zero-order valence-corrected chi connectivity index (χ0v) is 10.3. The molecular formula is C14H16N2O2. The minimum absolute atomic E-state index is 0.529. The fourth-order valence-electron chi connectivity index (χ4n) is 1.64. The molecule has 0 bridgehead atoms. The molecule has 0 aliphatic carbocycles. The van der Waals surface area contributed by atoms with Gasteiger partial charge < -0.3 is 15.2 Å². The van der Waals surface area contributed by atoms with Gasteiger partial charge in [-0.1, -0.05) is 12.1 Å². The Hall–Kier alpha value is -2.23. The van der Waals surface area contributed by atoms with E-state index in [4.69, 9.17) is 15.2 Å². The number of nitrogens with two attached hydrogens (primary N) is 1. The third-order valence-corrected chi connectivity index (χ3v) is 2.59. The van der Waals surface area contributed by atoms with Gasteiger partial charge in [0.1, 0.15) is 17.2 Å². The highest BCUT2D eigenvalue weighted by Crippen LogP contribution is 2.30. The van der Waals surface area contributed by atoms with E-state index in [0.29, 0.717) is 23.8 Å². The Morgan fingerprint density at radius 1 is 1.11 bits per heavy atom. The van der Waals surface area contributed by atoms with Crippen LogP contribution in [0, 0.1) is 0 Å². The molecule has 18 heavy (non-hydrogen) atoms. The van der Waals surface area contributed by atoms with Gasteiger partial charge in [-0.05, 0) is 24.3 Å². The fourth-order valence-corrected chi connectivity index (χ4v) is 1.64. The molecule has 94 valence electrons. The zero-order valence-electron chi connectivity index (χ0n) is 10.3. The summed E-state index contributed by atoms with van der Waals surface area (Å²) >= 11 is 0. The first kappa shape index (κ1) is 12.2. The normalized spacial score (nSPS) is 10.1. The molecule has 0 atom stereocenters. The smallest absolute Gasteiger partial charge is 0.146 e. The Balaban J connectivity index is 1.95. The van der Waals surface area contributed by atoms with Crippen LogP contribution in [0.1, 0.15) is 5.69 Å². The SMILES string of the molecule is COc1cccc(OCCc2ccccn2)c1N. The van der Waals surface area contributed by atoms with E-state index in [1.165, 1.54) is 0 Å². The maximum Gasteiger partial charge on any atom is 0.146 e. The van der Waals surface area contributed by atoms with Crippen LogP contribution in [0.3, 0.4) is 0 Å². The fraction of sp³-hybridized carbons (Fsp3) is 0.214. The molecule has 4 heteroatoms. The Morgan fingerprint density at radius 2 is 1.94 bits per heavy atom. The van der Waals surface area contributed by atoms with Crippen molar-refractivity contribution >= 4 is 5.69 Å². The molecule has 1 aromatic carbocycles. The molecule has 0 spiro atoms. The van der Waals surface area contributed by atoms with Gasteiger partial charge in [0.05, 0.1) is 13.7 Å². The summed E-state index contributed by atoms with van der Waals surface area (Å²) in [5.74, 6) is 1.27. The van der Waals surface area contributed by atoms with Crippen molar-refractivity contribution in [1.29, 1.82) is 0 Å². The molecule has 0 radical (unpaired) electrons. The second kappa shape index (κ2) is 5.91. The van der Waals surface area contributed by atoms with Crippen LogP contribution in [-0.4, -0.2) is 18.7 Å². The van der Waals surface area contributed by atoms with Gasteiger partial charge in [0.25, 0.3) is 0 Å². The number of benzene rings is 1. The number of anilines is 1. The van der Waals surface area contributed by atoms with Gasteiger partial charge >= 0.3 is 0 Å². The molecule has 0 amide bonds. The van der Waals surface area contributed by atoms with E-state index < -0.39 is 0 Å². The minimum atomic E-state index is 0.529. The van der Waals surface area contributed by atoms with Crippen molar-refractivity contribution in [3.8, 4) is 11.5 Å². The molecule has 1 heterocycles. The van der Waals surface area contributed by atoms with Crippen LogP contribution in [0.2, 0.25) is 0 Å². The molecule has 0 aliphatic rings. The maximum absolute atomic E-state index is 5.91. The lowest BCUT2D eigenvalue weighted by Crippen LogP contribution is -2.05. The highest BCUT2D eigenvalue weighted by molar-refractivity contribution is 5.62. The van der Waals surface area contributed by atoms with Crippen molar-refractivity contribution in [2.45, 2.75) is 6.42 Å². The molecule has 2 N–H and O–H groups in total. The third kappa shape index (κ3) is 2.91. The van der Waals surface area contributed by atoms with E-state index in [1.54, 1.807) is 19.4 Å². The standard InChI is InChI=1S/C14H16N2O2/c1-17-12-6-4-7-13(14(12)15)18-10-8-11-5-2-3-9-16-11/h2-7,9H,8,10,15H2,1H3. The summed E-state index contributed by atoms with van der Waals surface area (Å²) in [5, 5.41) is 0. The molecule has 2 aromatic rings. The summed E-state index contributed by atoms with van der Waals surface area (Å²) in [5.41, 5.74) is 7.44. The zero-order chi connectivity index (χ0) is 12.8. The van der Waals surface area contributed by atoms with Gasteiger partial charge in [-0.15, -0.1) is 0 Å². The maximum atomic E-state index is 5.91. The molecule has 0 saturated heterocycles. The van der Waals surface area contributed by atoms with Gasteiger partial charge in [0, 0.05) is 18.3 Å². The number of nitrogens with zero attached hydrogens (tertiary/aromatic N) is 1. The van der Waals surface area contributed by atoms with Crippen LogP contribution in [0.4, 0.5) is 5.69 Å². The molecule has 0 saturated carbocycles. The van der Waals surface area contributed by atoms with E-state index in [-0.39, 0.29) is 0 Å². The van der Waals surface area contributed by atoms with Crippen molar-refractivity contribution in [3.63, 3.8) is 0 Å². The Kier molecular flexibility index (Phi) is 4.02. The third-order valence-electron chi connectivity index (χ3n) is 2.59. The largest absolute Gasteiger partial charge is 0.494 e. The van der Waals surface area contributed by atoms with Crippen LogP contribution in [0.25, 0.3) is 0 Å². The molecule has 0 aliphatic heterocycles. The summed E-state index contributed by atoms with van der Waals surface area (Å²) in [6.07, 6.45) is 2.52.